The Kier molecular flexibility index (Phi) is 9.90. The molecule has 1 aliphatic carbocycles. The van der Waals surface area contributed by atoms with E-state index in [2.05, 4.69) is 58.7 Å². The van der Waals surface area contributed by atoms with Gasteiger partial charge in [-0.1, -0.05) is 75.2 Å². The van der Waals surface area contributed by atoms with Crippen LogP contribution in [0.15, 0.2) is 69.3 Å². The number of ether oxygens (including phenoxy) is 4. The first kappa shape index (κ1) is 32.7. The zero-order valence-corrected chi connectivity index (χ0v) is 27.1. The van der Waals surface area contributed by atoms with Gasteiger partial charge in [0, 0.05) is 30.9 Å². The van der Waals surface area contributed by atoms with Crippen LogP contribution >= 0.6 is 0 Å². The van der Waals surface area contributed by atoms with Gasteiger partial charge in [-0.2, -0.15) is 0 Å². The summed E-state index contributed by atoms with van der Waals surface area (Å²) in [4.78, 5) is 45.2. The number of H-pyrrole nitrogens is 1. The Bertz CT molecular complexity index is 1690. The number of aromatic amines is 1. The van der Waals surface area contributed by atoms with Crippen LogP contribution in [-0.4, -0.2) is 72.3 Å². The molecule has 2 unspecified atom stereocenters. The highest BCUT2D eigenvalue weighted by Crippen LogP contribution is 2.44. The molecule has 0 spiro atoms. The summed E-state index contributed by atoms with van der Waals surface area (Å²) in [6.45, 7) is 7.28. The van der Waals surface area contributed by atoms with E-state index >= 15 is 0 Å². The molecular weight excluding hydrogens is 602 g/mol. The normalized spacial score (nSPS) is 23.9. The number of carbonyl (C=O) groups is 1. The number of unbranched alkanes of at least 4 members (excludes halogenated alkanes) is 2. The van der Waals surface area contributed by atoms with Gasteiger partial charge in [-0.15, -0.1) is 4.99 Å². The van der Waals surface area contributed by atoms with E-state index in [0.717, 1.165) is 47.9 Å². The molecule has 3 N–H and O–H groups in total. The van der Waals surface area contributed by atoms with Gasteiger partial charge in [0.25, 0.3) is 5.56 Å². The van der Waals surface area contributed by atoms with Crippen LogP contribution < -0.4 is 21.9 Å². The summed E-state index contributed by atoms with van der Waals surface area (Å²) in [6, 6.07) is 15.6. The zero-order valence-electron chi connectivity index (χ0n) is 27.1. The lowest BCUT2D eigenvalue weighted by atomic mass is 9.94. The smallest absolute Gasteiger partial charge is 0.436 e. The Morgan fingerprint density at radius 3 is 2.40 bits per heavy atom. The first-order valence-corrected chi connectivity index (χ1v) is 16.5. The molecule has 1 amide bonds. The van der Waals surface area contributed by atoms with Crippen molar-refractivity contribution in [1.29, 1.82) is 0 Å². The lowest BCUT2D eigenvalue weighted by Gasteiger charge is -2.33. The standard InChI is InChI=1S/C35H43N5O7/c1-4-6-16-44-21-35-20-36-32(39-34(43)46-19-27-25-14-10-8-12-23(25)24-13-9-11-15-26(24)27)37-28(29(35)45-17-7-5-2)31(47-35)40-18-22(3)30(41)38-33(40)42/h8-15,18,27-29,31H,4-7,16-17,19-21H2,1-3H3,(H,38,41,42)(H2,36,37,39,43)/t28?,29?,31-,35-/m1/s1. The van der Waals surface area contributed by atoms with Crippen molar-refractivity contribution in [3.63, 3.8) is 0 Å². The SMILES string of the molecule is CCCCOC[C@]12CN/C(=N/C(=O)OCC3c4ccccc4-c4ccccc43)NC(C1OCCCC)[C@H](n1cc(C)c(=O)[nH]c1=O)O2. The van der Waals surface area contributed by atoms with Crippen LogP contribution in [-0.2, 0) is 18.9 Å². The lowest BCUT2D eigenvalue weighted by Crippen LogP contribution is -2.53. The van der Waals surface area contributed by atoms with E-state index in [1.807, 2.05) is 24.3 Å². The molecule has 1 aromatic heterocycles. The first-order chi connectivity index (χ1) is 22.8. The minimum atomic E-state index is -1.04. The van der Waals surface area contributed by atoms with Gasteiger partial charge < -0.3 is 29.6 Å². The number of guanidine groups is 1. The van der Waals surface area contributed by atoms with Gasteiger partial charge in [-0.05, 0) is 42.0 Å². The van der Waals surface area contributed by atoms with E-state index in [0.29, 0.717) is 18.8 Å². The molecule has 2 saturated heterocycles. The second-order valence-electron chi connectivity index (χ2n) is 12.4. The molecule has 4 atom stereocenters. The first-order valence-electron chi connectivity index (χ1n) is 16.5. The molecule has 0 saturated carbocycles. The maximum Gasteiger partial charge on any atom is 0.436 e. The fourth-order valence-corrected chi connectivity index (χ4v) is 6.65. The Labute approximate surface area is 273 Å². The minimum Gasteiger partial charge on any atom is -0.447 e. The van der Waals surface area contributed by atoms with E-state index in [-0.39, 0.29) is 31.6 Å². The van der Waals surface area contributed by atoms with Crippen molar-refractivity contribution in [2.45, 2.75) is 76.3 Å². The molecule has 2 bridgehead atoms. The Balaban J connectivity index is 1.27. The number of carbonyl (C=O) groups excluding carboxylic acids is 1. The van der Waals surface area contributed by atoms with E-state index in [1.54, 1.807) is 6.92 Å². The number of nitrogens with zero attached hydrogens (tertiary/aromatic N) is 2. The maximum atomic E-state index is 13.2. The molecule has 6 rings (SSSR count). The van der Waals surface area contributed by atoms with Crippen molar-refractivity contribution in [2.24, 2.45) is 4.99 Å². The van der Waals surface area contributed by atoms with Crippen molar-refractivity contribution in [3.8, 4) is 11.1 Å². The van der Waals surface area contributed by atoms with Gasteiger partial charge in [-0.3, -0.25) is 14.3 Å². The maximum absolute atomic E-state index is 13.2. The molecule has 250 valence electrons. The predicted molar refractivity (Wildman–Crippen MR) is 177 cm³/mol. The number of hydrogen-bond donors (Lipinski definition) is 3. The van der Waals surface area contributed by atoms with Gasteiger partial charge in [0.1, 0.15) is 24.4 Å². The van der Waals surface area contributed by atoms with Gasteiger partial charge in [-0.25, -0.2) is 9.59 Å². The molecule has 2 aliphatic heterocycles. The van der Waals surface area contributed by atoms with Crippen molar-refractivity contribution in [1.82, 2.24) is 20.2 Å². The Morgan fingerprint density at radius 1 is 1.02 bits per heavy atom. The van der Waals surface area contributed by atoms with E-state index in [9.17, 15) is 14.4 Å². The van der Waals surface area contributed by atoms with Gasteiger partial charge in [0.15, 0.2) is 6.23 Å². The molecule has 3 aromatic rings. The number of benzene rings is 2. The predicted octanol–water partition coefficient (Wildman–Crippen LogP) is 3.98. The highest BCUT2D eigenvalue weighted by molar-refractivity contribution is 5.91. The average molecular weight is 646 g/mol. The van der Waals surface area contributed by atoms with Crippen LogP contribution in [0, 0.1) is 6.92 Å². The molecule has 2 fully saturated rings. The fourth-order valence-electron chi connectivity index (χ4n) is 6.65. The van der Waals surface area contributed by atoms with E-state index in [4.69, 9.17) is 18.9 Å². The van der Waals surface area contributed by atoms with Crippen molar-refractivity contribution >= 4 is 12.1 Å². The topological polar surface area (TPSA) is 145 Å². The second-order valence-corrected chi connectivity index (χ2v) is 12.4. The average Bonchev–Trinajstić information content (AvgIpc) is 3.49. The van der Waals surface area contributed by atoms with Crippen molar-refractivity contribution in [3.05, 3.63) is 92.3 Å². The number of hydrogen-bond acceptors (Lipinski definition) is 7. The zero-order chi connectivity index (χ0) is 33.0. The summed E-state index contributed by atoms with van der Waals surface area (Å²) >= 11 is 0. The lowest BCUT2D eigenvalue weighted by molar-refractivity contribution is -0.149. The highest BCUT2D eigenvalue weighted by atomic mass is 16.6. The number of aliphatic imine (C=N–C) groups is 1. The number of amides is 1. The molecule has 3 heterocycles. The molecular formula is C35H43N5O7. The van der Waals surface area contributed by atoms with Crippen LogP contribution in [0.2, 0.25) is 0 Å². The summed E-state index contributed by atoms with van der Waals surface area (Å²) in [5, 5.41) is 6.51. The van der Waals surface area contributed by atoms with Crippen molar-refractivity contribution in [2.75, 3.05) is 33.0 Å². The second kappa shape index (κ2) is 14.2. The summed E-state index contributed by atoms with van der Waals surface area (Å²) in [6.07, 6.45) is 2.85. The minimum absolute atomic E-state index is 0.106. The molecule has 12 heteroatoms. The Morgan fingerprint density at radius 2 is 1.70 bits per heavy atom. The third kappa shape index (κ3) is 6.63. The monoisotopic (exact) mass is 645 g/mol. The number of nitrogens with one attached hydrogen (secondary N) is 3. The summed E-state index contributed by atoms with van der Waals surface area (Å²) < 4.78 is 26.4. The van der Waals surface area contributed by atoms with Crippen molar-refractivity contribution < 1.29 is 23.7 Å². The third-order valence-electron chi connectivity index (χ3n) is 9.11. The Hall–Kier alpha value is -4.26. The fraction of sp³-hybridized carbons (Fsp3) is 0.486. The highest BCUT2D eigenvalue weighted by Gasteiger charge is 2.59. The number of fused-ring (bicyclic) bond motifs is 5. The number of aryl methyl sites for hydroxylation is 1. The molecule has 0 radical (unpaired) electrons. The number of rotatable bonds is 12. The summed E-state index contributed by atoms with van der Waals surface area (Å²) in [5.41, 5.74) is 2.73. The molecule has 47 heavy (non-hydrogen) atoms. The van der Waals surface area contributed by atoms with Crippen LogP contribution in [0.25, 0.3) is 11.1 Å². The number of aromatic nitrogens is 2. The largest absolute Gasteiger partial charge is 0.447 e. The van der Waals surface area contributed by atoms with E-state index < -0.39 is 41.3 Å². The van der Waals surface area contributed by atoms with Crippen LogP contribution in [0.4, 0.5) is 4.79 Å². The molecule has 12 nitrogen and oxygen atoms in total. The third-order valence-corrected chi connectivity index (χ3v) is 9.11. The molecule has 2 aromatic carbocycles. The quantitative estimate of drug-likeness (QED) is 0.249. The van der Waals surface area contributed by atoms with Gasteiger partial charge in [0.05, 0.1) is 13.2 Å². The molecule has 3 aliphatic rings. The van der Waals surface area contributed by atoms with Crippen LogP contribution in [0.3, 0.4) is 0 Å². The summed E-state index contributed by atoms with van der Waals surface area (Å²) in [5.74, 6) is 0.0693. The van der Waals surface area contributed by atoms with Crippen LogP contribution in [0.5, 0.6) is 0 Å². The van der Waals surface area contributed by atoms with E-state index in [1.165, 1.54) is 10.8 Å². The van der Waals surface area contributed by atoms with Crippen LogP contribution in [0.1, 0.15) is 68.4 Å². The summed E-state index contributed by atoms with van der Waals surface area (Å²) in [7, 11) is 0. The van der Waals surface area contributed by atoms with Gasteiger partial charge in [0.2, 0.25) is 5.96 Å². The van der Waals surface area contributed by atoms with Gasteiger partial charge >= 0.3 is 11.8 Å².